The van der Waals surface area contributed by atoms with Gasteiger partial charge in [0.1, 0.15) is 0 Å². The SMILES string of the molecule is O=C(O)Cc1cc(-c2ccc3c(c2)OCCCO3)n[nH]1. The molecule has 0 aliphatic carbocycles. The first-order valence-corrected chi connectivity index (χ1v) is 6.38. The van der Waals surface area contributed by atoms with E-state index in [0.717, 1.165) is 17.7 Å². The van der Waals surface area contributed by atoms with Crippen LogP contribution in [0, 0.1) is 0 Å². The Labute approximate surface area is 115 Å². The first kappa shape index (κ1) is 12.5. The van der Waals surface area contributed by atoms with Gasteiger partial charge in [0.05, 0.1) is 25.3 Å². The maximum atomic E-state index is 10.7. The average Bonchev–Trinajstić information content (AvgIpc) is 2.74. The van der Waals surface area contributed by atoms with E-state index in [4.69, 9.17) is 14.6 Å². The van der Waals surface area contributed by atoms with Gasteiger partial charge >= 0.3 is 5.97 Å². The van der Waals surface area contributed by atoms with Gasteiger partial charge in [0.15, 0.2) is 11.5 Å². The second-order valence-corrected chi connectivity index (χ2v) is 4.56. The third-order valence-electron chi connectivity index (χ3n) is 3.02. The summed E-state index contributed by atoms with van der Waals surface area (Å²) in [6.07, 6.45) is 0.784. The standard InChI is InChI=1S/C14H14N2O4/c17-14(18)8-10-7-11(16-15-10)9-2-3-12-13(6-9)20-5-1-4-19-12/h2-3,6-7H,1,4-5,8H2,(H,15,16)(H,17,18). The molecule has 1 aliphatic rings. The van der Waals surface area contributed by atoms with Crippen molar-refractivity contribution in [3.8, 4) is 22.8 Å². The van der Waals surface area contributed by atoms with Crippen molar-refractivity contribution in [3.05, 3.63) is 30.0 Å². The maximum absolute atomic E-state index is 10.7. The third-order valence-corrected chi connectivity index (χ3v) is 3.02. The van der Waals surface area contributed by atoms with Crippen molar-refractivity contribution in [3.63, 3.8) is 0 Å². The Morgan fingerprint density at radius 2 is 2.05 bits per heavy atom. The zero-order valence-electron chi connectivity index (χ0n) is 10.8. The van der Waals surface area contributed by atoms with Crippen LogP contribution in [0.5, 0.6) is 11.5 Å². The number of nitrogens with zero attached hydrogens (tertiary/aromatic N) is 1. The summed E-state index contributed by atoms with van der Waals surface area (Å²) in [5.74, 6) is 0.536. The molecule has 0 radical (unpaired) electrons. The number of ether oxygens (including phenoxy) is 2. The molecule has 1 aromatic heterocycles. The molecule has 0 unspecified atom stereocenters. The summed E-state index contributed by atoms with van der Waals surface area (Å²) in [4.78, 5) is 10.7. The summed E-state index contributed by atoms with van der Waals surface area (Å²) in [5.41, 5.74) is 2.12. The highest BCUT2D eigenvalue weighted by molar-refractivity contribution is 5.71. The topological polar surface area (TPSA) is 84.4 Å². The molecule has 0 amide bonds. The number of nitrogens with one attached hydrogen (secondary N) is 1. The first-order chi connectivity index (χ1) is 9.72. The van der Waals surface area contributed by atoms with Gasteiger partial charge in [0, 0.05) is 17.7 Å². The van der Waals surface area contributed by atoms with Gasteiger partial charge in [-0.1, -0.05) is 0 Å². The molecule has 6 heteroatoms. The summed E-state index contributed by atoms with van der Waals surface area (Å²) in [6, 6.07) is 7.32. The van der Waals surface area contributed by atoms with E-state index < -0.39 is 5.97 Å². The molecular formula is C14H14N2O4. The lowest BCUT2D eigenvalue weighted by molar-refractivity contribution is -0.136. The number of hydrogen-bond acceptors (Lipinski definition) is 4. The molecule has 0 atom stereocenters. The van der Waals surface area contributed by atoms with E-state index in [2.05, 4.69) is 10.2 Å². The maximum Gasteiger partial charge on any atom is 0.309 e. The van der Waals surface area contributed by atoms with Crippen LogP contribution in [0.25, 0.3) is 11.3 Å². The molecule has 3 rings (SSSR count). The predicted octanol–water partition coefficient (Wildman–Crippen LogP) is 1.87. The molecule has 1 aliphatic heterocycles. The number of carbonyl (C=O) groups is 1. The smallest absolute Gasteiger partial charge is 0.309 e. The van der Waals surface area contributed by atoms with Crippen molar-refractivity contribution in [2.45, 2.75) is 12.8 Å². The van der Waals surface area contributed by atoms with Crippen LogP contribution in [-0.2, 0) is 11.2 Å². The van der Waals surface area contributed by atoms with E-state index in [1.54, 1.807) is 6.07 Å². The number of rotatable bonds is 3. The Morgan fingerprint density at radius 3 is 2.85 bits per heavy atom. The third kappa shape index (κ3) is 2.59. The first-order valence-electron chi connectivity index (χ1n) is 6.38. The van der Waals surface area contributed by atoms with Crippen molar-refractivity contribution in [2.75, 3.05) is 13.2 Å². The normalized spacial score (nSPS) is 13.8. The van der Waals surface area contributed by atoms with E-state index in [9.17, 15) is 4.79 Å². The Balaban J connectivity index is 1.88. The van der Waals surface area contributed by atoms with Crippen LogP contribution in [0.1, 0.15) is 12.1 Å². The average molecular weight is 274 g/mol. The summed E-state index contributed by atoms with van der Waals surface area (Å²) >= 11 is 0. The molecule has 104 valence electrons. The summed E-state index contributed by atoms with van der Waals surface area (Å²) in [6.45, 7) is 1.28. The highest BCUT2D eigenvalue weighted by Crippen LogP contribution is 2.33. The molecule has 0 fully saturated rings. The number of carboxylic acids is 1. The summed E-state index contributed by atoms with van der Waals surface area (Å²) < 4.78 is 11.2. The number of carboxylic acid groups (broad SMARTS) is 1. The minimum absolute atomic E-state index is 0.0719. The van der Waals surface area contributed by atoms with E-state index >= 15 is 0 Å². The largest absolute Gasteiger partial charge is 0.490 e. The fourth-order valence-corrected chi connectivity index (χ4v) is 2.09. The molecule has 6 nitrogen and oxygen atoms in total. The van der Waals surface area contributed by atoms with E-state index in [1.807, 2.05) is 18.2 Å². The van der Waals surface area contributed by atoms with Gasteiger partial charge < -0.3 is 14.6 Å². The van der Waals surface area contributed by atoms with E-state index in [-0.39, 0.29) is 6.42 Å². The highest BCUT2D eigenvalue weighted by Gasteiger charge is 2.13. The lowest BCUT2D eigenvalue weighted by Crippen LogP contribution is -1.99. The molecule has 0 saturated heterocycles. The second kappa shape index (κ2) is 5.24. The van der Waals surface area contributed by atoms with Gasteiger partial charge in [0.25, 0.3) is 0 Å². The molecule has 0 saturated carbocycles. The summed E-state index contributed by atoms with van der Waals surface area (Å²) in [5, 5.41) is 15.6. The Bertz CT molecular complexity index is 636. The van der Waals surface area contributed by atoms with Crippen LogP contribution in [0.2, 0.25) is 0 Å². The molecule has 2 aromatic rings. The number of aromatic nitrogens is 2. The predicted molar refractivity (Wildman–Crippen MR) is 71.0 cm³/mol. The monoisotopic (exact) mass is 274 g/mol. The lowest BCUT2D eigenvalue weighted by atomic mass is 10.1. The molecule has 0 bridgehead atoms. The van der Waals surface area contributed by atoms with Crippen LogP contribution in [0.4, 0.5) is 0 Å². The number of hydrogen-bond donors (Lipinski definition) is 2. The number of aromatic amines is 1. The fraction of sp³-hybridized carbons (Fsp3) is 0.286. The fourth-order valence-electron chi connectivity index (χ4n) is 2.09. The van der Waals surface area contributed by atoms with Crippen LogP contribution >= 0.6 is 0 Å². The van der Waals surface area contributed by atoms with Gasteiger partial charge in [-0.2, -0.15) is 5.10 Å². The molecule has 2 heterocycles. The van der Waals surface area contributed by atoms with Gasteiger partial charge in [-0.3, -0.25) is 9.89 Å². The zero-order valence-corrected chi connectivity index (χ0v) is 10.8. The minimum Gasteiger partial charge on any atom is -0.490 e. The Hall–Kier alpha value is -2.50. The number of aliphatic carboxylic acids is 1. The van der Waals surface area contributed by atoms with Gasteiger partial charge in [0.2, 0.25) is 0 Å². The van der Waals surface area contributed by atoms with Gasteiger partial charge in [-0.25, -0.2) is 0 Å². The molecular weight excluding hydrogens is 260 g/mol. The number of benzene rings is 1. The highest BCUT2D eigenvalue weighted by atomic mass is 16.5. The van der Waals surface area contributed by atoms with Crippen molar-refractivity contribution in [1.29, 1.82) is 0 Å². The van der Waals surface area contributed by atoms with Crippen molar-refractivity contribution < 1.29 is 19.4 Å². The Kier molecular flexibility index (Phi) is 3.28. The van der Waals surface area contributed by atoms with Gasteiger partial charge in [-0.15, -0.1) is 0 Å². The van der Waals surface area contributed by atoms with E-state index in [1.165, 1.54) is 0 Å². The molecule has 0 spiro atoms. The quantitative estimate of drug-likeness (QED) is 0.892. The Morgan fingerprint density at radius 1 is 1.25 bits per heavy atom. The van der Waals surface area contributed by atoms with Gasteiger partial charge in [-0.05, 0) is 24.3 Å². The lowest BCUT2D eigenvalue weighted by Gasteiger charge is -2.07. The second-order valence-electron chi connectivity index (χ2n) is 4.56. The molecule has 20 heavy (non-hydrogen) atoms. The number of fused-ring (bicyclic) bond motifs is 1. The van der Waals surface area contributed by atoms with Crippen LogP contribution < -0.4 is 9.47 Å². The van der Waals surface area contributed by atoms with Crippen LogP contribution in [0.3, 0.4) is 0 Å². The number of H-pyrrole nitrogens is 1. The minimum atomic E-state index is -0.890. The van der Waals surface area contributed by atoms with E-state index in [0.29, 0.717) is 30.4 Å². The van der Waals surface area contributed by atoms with Crippen molar-refractivity contribution in [2.24, 2.45) is 0 Å². The zero-order chi connectivity index (χ0) is 13.9. The molecule has 2 N–H and O–H groups in total. The van der Waals surface area contributed by atoms with Crippen molar-refractivity contribution in [1.82, 2.24) is 10.2 Å². The van der Waals surface area contributed by atoms with Crippen molar-refractivity contribution >= 4 is 5.97 Å². The molecule has 1 aromatic carbocycles. The van der Waals surface area contributed by atoms with Crippen LogP contribution in [0.15, 0.2) is 24.3 Å². The summed E-state index contributed by atoms with van der Waals surface area (Å²) in [7, 11) is 0. The van der Waals surface area contributed by atoms with Crippen LogP contribution in [-0.4, -0.2) is 34.5 Å².